The molecule has 4 rings (SSSR count). The van der Waals surface area contributed by atoms with E-state index in [0.717, 1.165) is 50.2 Å². The lowest BCUT2D eigenvalue weighted by molar-refractivity contribution is -0.144. The highest BCUT2D eigenvalue weighted by atomic mass is 19.1. The van der Waals surface area contributed by atoms with Crippen molar-refractivity contribution in [2.24, 2.45) is 11.8 Å². The lowest BCUT2D eigenvalue weighted by Gasteiger charge is -2.35. The first-order chi connectivity index (χ1) is 16.5. The Morgan fingerprint density at radius 3 is 2.82 bits per heavy atom. The monoisotopic (exact) mass is 469 g/mol. The maximum absolute atomic E-state index is 14.3. The summed E-state index contributed by atoms with van der Waals surface area (Å²) in [6.45, 7) is 2.92. The molecule has 7 nitrogen and oxygen atoms in total. The molecule has 0 bridgehead atoms. The molecule has 2 N–H and O–H groups in total. The molecular weight excluding hydrogens is 437 g/mol. The third-order valence-electron chi connectivity index (χ3n) is 6.63. The molecule has 0 spiro atoms. The number of methoxy groups -OCH3 is 1. The van der Waals surface area contributed by atoms with Crippen molar-refractivity contribution < 1.29 is 23.5 Å². The molecule has 1 unspecified atom stereocenters. The van der Waals surface area contributed by atoms with Gasteiger partial charge >= 0.3 is 5.97 Å². The van der Waals surface area contributed by atoms with Crippen molar-refractivity contribution in [2.45, 2.75) is 51.5 Å². The molecule has 34 heavy (non-hydrogen) atoms. The number of hydrogen-bond acceptors (Lipinski definition) is 6. The first kappa shape index (κ1) is 24.0. The Morgan fingerprint density at radius 2 is 2.09 bits per heavy atom. The molecule has 1 atom stereocenters. The third kappa shape index (κ3) is 5.66. The van der Waals surface area contributed by atoms with Gasteiger partial charge in [-0.05, 0) is 74.3 Å². The average molecular weight is 470 g/mol. The fraction of sp³-hybridized carbons (Fsp3) is 0.500. The number of halogens is 1. The van der Waals surface area contributed by atoms with Crippen LogP contribution in [0.2, 0.25) is 0 Å². The predicted molar refractivity (Wildman–Crippen MR) is 126 cm³/mol. The fourth-order valence-electron chi connectivity index (χ4n) is 4.72. The van der Waals surface area contributed by atoms with E-state index in [2.05, 4.69) is 22.8 Å². The van der Waals surface area contributed by atoms with Gasteiger partial charge in [0, 0.05) is 18.2 Å². The van der Waals surface area contributed by atoms with Crippen molar-refractivity contribution >= 4 is 17.7 Å². The summed E-state index contributed by atoms with van der Waals surface area (Å²) >= 11 is 0. The van der Waals surface area contributed by atoms with Gasteiger partial charge in [-0.15, -0.1) is 0 Å². The summed E-state index contributed by atoms with van der Waals surface area (Å²) < 4.78 is 24.3. The first-order valence-corrected chi connectivity index (χ1v) is 12.0. The van der Waals surface area contributed by atoms with Crippen LogP contribution < -0.4 is 15.4 Å². The Morgan fingerprint density at radius 1 is 1.26 bits per heavy atom. The van der Waals surface area contributed by atoms with Crippen molar-refractivity contribution in [1.29, 1.82) is 0 Å². The van der Waals surface area contributed by atoms with Crippen LogP contribution in [0, 0.1) is 17.7 Å². The van der Waals surface area contributed by atoms with Crippen LogP contribution in [0.5, 0.6) is 5.75 Å². The minimum atomic E-state index is -0.667. The zero-order chi connectivity index (χ0) is 24.1. The van der Waals surface area contributed by atoms with Gasteiger partial charge in [0.15, 0.2) is 11.6 Å². The van der Waals surface area contributed by atoms with Gasteiger partial charge in [-0.25, -0.2) is 9.37 Å². The molecule has 0 saturated heterocycles. The molecular formula is C26H32FN3O4. The van der Waals surface area contributed by atoms with Crippen LogP contribution in [0.15, 0.2) is 30.3 Å². The Hall–Kier alpha value is -3.16. The Bertz CT molecular complexity index is 1040. The zero-order valence-corrected chi connectivity index (χ0v) is 19.7. The van der Waals surface area contributed by atoms with Gasteiger partial charge < -0.3 is 20.1 Å². The minimum absolute atomic E-state index is 0.0620. The SMILES string of the molecule is CCOC(=O)CC(NC(=O)C1CC(Cc2ccc3c(n2)NCCC3)C1)c1ccc(OC)c(F)c1. The Balaban J connectivity index is 1.35. The smallest absolute Gasteiger partial charge is 0.308 e. The summed E-state index contributed by atoms with van der Waals surface area (Å²) in [5.41, 5.74) is 2.82. The third-order valence-corrected chi connectivity index (χ3v) is 6.63. The molecule has 1 aliphatic heterocycles. The van der Waals surface area contributed by atoms with Crippen LogP contribution >= 0.6 is 0 Å². The van der Waals surface area contributed by atoms with E-state index in [0.29, 0.717) is 11.5 Å². The number of hydrogen-bond donors (Lipinski definition) is 2. The number of amides is 1. The summed E-state index contributed by atoms with van der Waals surface area (Å²) in [7, 11) is 1.39. The predicted octanol–water partition coefficient (Wildman–Crippen LogP) is 3.97. The van der Waals surface area contributed by atoms with Crippen LogP contribution in [-0.4, -0.2) is 37.1 Å². The van der Waals surface area contributed by atoms with Crippen molar-refractivity contribution in [3.8, 4) is 5.75 Å². The van der Waals surface area contributed by atoms with E-state index in [9.17, 15) is 14.0 Å². The number of benzene rings is 1. The molecule has 8 heteroatoms. The van der Waals surface area contributed by atoms with Crippen LogP contribution in [-0.2, 0) is 27.2 Å². The maximum Gasteiger partial charge on any atom is 0.308 e. The summed E-state index contributed by atoms with van der Waals surface area (Å²) in [5, 5.41) is 6.31. The second kappa shape index (κ2) is 10.8. The summed E-state index contributed by atoms with van der Waals surface area (Å²) in [4.78, 5) is 29.8. The first-order valence-electron chi connectivity index (χ1n) is 12.0. The van der Waals surface area contributed by atoms with Crippen LogP contribution in [0.1, 0.15) is 55.5 Å². The molecule has 1 aliphatic carbocycles. The normalized spacial score (nSPS) is 19.7. The van der Waals surface area contributed by atoms with Gasteiger partial charge in [-0.3, -0.25) is 9.59 Å². The summed E-state index contributed by atoms with van der Waals surface area (Å²) in [6.07, 6.45) is 4.50. The molecule has 2 heterocycles. The minimum Gasteiger partial charge on any atom is -0.494 e. The molecule has 2 aliphatic rings. The lowest BCUT2D eigenvalue weighted by atomic mass is 9.72. The average Bonchev–Trinajstić information content (AvgIpc) is 2.80. The van der Waals surface area contributed by atoms with Gasteiger partial charge in [0.05, 0.1) is 26.2 Å². The molecule has 1 aromatic carbocycles. The molecule has 1 fully saturated rings. The van der Waals surface area contributed by atoms with Gasteiger partial charge in [-0.1, -0.05) is 12.1 Å². The quantitative estimate of drug-likeness (QED) is 0.541. The standard InChI is InChI=1S/C26H32FN3O4/c1-3-34-24(31)15-22(18-7-9-23(33-2)21(27)14-18)30-26(32)19-11-16(12-19)13-20-8-6-17-5-4-10-28-25(17)29-20/h6-9,14,16,19,22H,3-5,10-13,15H2,1-2H3,(H,28,29)(H,30,32). The Labute approximate surface area is 199 Å². The highest BCUT2D eigenvalue weighted by molar-refractivity contribution is 5.81. The van der Waals surface area contributed by atoms with E-state index in [-0.39, 0.29) is 30.6 Å². The topological polar surface area (TPSA) is 89.5 Å². The van der Waals surface area contributed by atoms with E-state index in [1.54, 1.807) is 13.0 Å². The van der Waals surface area contributed by atoms with E-state index in [1.807, 2.05) is 0 Å². The van der Waals surface area contributed by atoms with E-state index in [4.69, 9.17) is 14.5 Å². The highest BCUT2D eigenvalue weighted by Gasteiger charge is 2.36. The van der Waals surface area contributed by atoms with E-state index in [1.165, 1.54) is 24.8 Å². The van der Waals surface area contributed by atoms with Gasteiger partial charge in [0.1, 0.15) is 5.82 Å². The van der Waals surface area contributed by atoms with Crippen LogP contribution in [0.3, 0.4) is 0 Å². The maximum atomic E-state index is 14.3. The number of aromatic nitrogens is 1. The molecule has 0 radical (unpaired) electrons. The number of esters is 1. The number of carbonyl (C=O) groups is 2. The number of nitrogens with one attached hydrogen (secondary N) is 2. The molecule has 1 saturated carbocycles. The number of ether oxygens (including phenoxy) is 2. The molecule has 2 aromatic rings. The summed E-state index contributed by atoms with van der Waals surface area (Å²) in [5.74, 6) is 0.257. The molecule has 182 valence electrons. The largest absolute Gasteiger partial charge is 0.494 e. The number of carbonyl (C=O) groups excluding carboxylic acids is 2. The van der Waals surface area contributed by atoms with Gasteiger partial charge in [-0.2, -0.15) is 0 Å². The lowest BCUT2D eigenvalue weighted by Crippen LogP contribution is -2.41. The van der Waals surface area contributed by atoms with Gasteiger partial charge in [0.2, 0.25) is 5.91 Å². The number of aryl methyl sites for hydroxylation is 1. The van der Waals surface area contributed by atoms with Crippen molar-refractivity contribution in [3.63, 3.8) is 0 Å². The van der Waals surface area contributed by atoms with E-state index < -0.39 is 17.8 Å². The number of pyridine rings is 1. The highest BCUT2D eigenvalue weighted by Crippen LogP contribution is 2.37. The summed E-state index contributed by atoms with van der Waals surface area (Å²) in [6, 6.07) is 8.02. The van der Waals surface area contributed by atoms with Crippen molar-refractivity contribution in [2.75, 3.05) is 25.6 Å². The fourth-order valence-corrected chi connectivity index (χ4v) is 4.72. The number of anilines is 1. The van der Waals surface area contributed by atoms with Crippen molar-refractivity contribution in [1.82, 2.24) is 10.3 Å². The van der Waals surface area contributed by atoms with Crippen LogP contribution in [0.25, 0.3) is 0 Å². The number of nitrogens with zero attached hydrogens (tertiary/aromatic N) is 1. The van der Waals surface area contributed by atoms with Crippen LogP contribution in [0.4, 0.5) is 10.2 Å². The molecule has 1 aromatic heterocycles. The second-order valence-corrected chi connectivity index (χ2v) is 9.04. The number of rotatable bonds is 9. The Kier molecular flexibility index (Phi) is 7.65. The van der Waals surface area contributed by atoms with Crippen molar-refractivity contribution in [3.05, 3.63) is 53.0 Å². The van der Waals surface area contributed by atoms with Gasteiger partial charge in [0.25, 0.3) is 0 Å². The zero-order valence-electron chi connectivity index (χ0n) is 19.7. The van der Waals surface area contributed by atoms with E-state index >= 15 is 0 Å². The number of fused-ring (bicyclic) bond motifs is 1. The second-order valence-electron chi connectivity index (χ2n) is 9.04. The molecule has 1 amide bonds.